The van der Waals surface area contributed by atoms with Gasteiger partial charge >= 0.3 is 0 Å². The summed E-state index contributed by atoms with van der Waals surface area (Å²) in [6.07, 6.45) is 18.5. The van der Waals surface area contributed by atoms with Gasteiger partial charge < -0.3 is 0 Å². The average molecular weight is 313 g/mol. The summed E-state index contributed by atoms with van der Waals surface area (Å²) >= 11 is 0. The van der Waals surface area contributed by atoms with Gasteiger partial charge in [0.05, 0.1) is 5.41 Å². The van der Waals surface area contributed by atoms with Gasteiger partial charge in [-0.15, -0.1) is 13.0 Å². The summed E-state index contributed by atoms with van der Waals surface area (Å²) in [4.78, 5) is 0. The summed E-state index contributed by atoms with van der Waals surface area (Å²) < 4.78 is 0. The zero-order valence-corrected chi connectivity index (χ0v) is 15.5. The van der Waals surface area contributed by atoms with E-state index in [4.69, 9.17) is 6.42 Å². The van der Waals surface area contributed by atoms with Crippen LogP contribution in [-0.2, 0) is 0 Å². The third kappa shape index (κ3) is 3.45. The molecular weight excluding hydrogens is 276 g/mol. The van der Waals surface area contributed by atoms with E-state index < -0.39 is 0 Å². The van der Waals surface area contributed by atoms with Crippen LogP contribution in [0.4, 0.5) is 0 Å². The maximum Gasteiger partial charge on any atom is 0.0560 e. The molecule has 0 nitrogen and oxygen atoms in total. The van der Waals surface area contributed by atoms with Gasteiger partial charge in [-0.25, -0.2) is 0 Å². The second-order valence-electron chi connectivity index (χ2n) is 6.51. The van der Waals surface area contributed by atoms with Crippen LogP contribution in [0.5, 0.6) is 0 Å². The van der Waals surface area contributed by atoms with Gasteiger partial charge in [0, 0.05) is 2.85 Å². The highest BCUT2D eigenvalue weighted by atomic mass is 14.5. The van der Waals surface area contributed by atoms with Crippen LogP contribution in [0, 0.1) is 35.5 Å². The predicted octanol–water partition coefficient (Wildman–Crippen LogP) is 6.99. The quantitative estimate of drug-likeness (QED) is 0.298. The number of terminal acetylenes is 1. The SMILES string of the molecule is C#C[C@@]1(C2=CC=C(/C(C)=C\C=C)C2)C[C@H](C=C)[C@@H](C)[C@H]1C.CC.[HH].[HH]. The Morgan fingerprint density at radius 3 is 2.48 bits per heavy atom. The molecule has 0 heteroatoms. The highest BCUT2D eigenvalue weighted by Crippen LogP contribution is 2.56. The molecule has 1 saturated carbocycles. The maximum atomic E-state index is 6.02. The highest BCUT2D eigenvalue weighted by Gasteiger charge is 2.49. The normalized spacial score (nSPS) is 33.0. The van der Waals surface area contributed by atoms with Crippen LogP contribution in [0.25, 0.3) is 0 Å². The lowest BCUT2D eigenvalue weighted by Gasteiger charge is -2.31. The van der Waals surface area contributed by atoms with E-state index in [1.165, 1.54) is 16.7 Å². The Bertz CT molecular complexity index is 586. The minimum absolute atomic E-state index is 0. The minimum Gasteiger partial charge on any atom is -0.119 e. The Balaban J connectivity index is 0. The second-order valence-corrected chi connectivity index (χ2v) is 6.51. The second kappa shape index (κ2) is 8.21. The molecule has 1 fully saturated rings. The lowest BCUT2D eigenvalue weighted by molar-refractivity contribution is 0.315. The zero-order valence-electron chi connectivity index (χ0n) is 15.5. The van der Waals surface area contributed by atoms with E-state index in [9.17, 15) is 0 Å². The lowest BCUT2D eigenvalue weighted by Crippen LogP contribution is -2.26. The molecule has 2 aliphatic carbocycles. The van der Waals surface area contributed by atoms with Crippen molar-refractivity contribution in [1.29, 1.82) is 0 Å². The molecular formula is C23H36. The van der Waals surface area contributed by atoms with Crippen LogP contribution >= 0.6 is 0 Å². The smallest absolute Gasteiger partial charge is 0.0560 e. The highest BCUT2D eigenvalue weighted by molar-refractivity contribution is 5.48. The summed E-state index contributed by atoms with van der Waals surface area (Å²) in [5.74, 6) is 4.77. The van der Waals surface area contributed by atoms with E-state index in [0.717, 1.165) is 12.8 Å². The van der Waals surface area contributed by atoms with Crippen molar-refractivity contribution < 1.29 is 2.85 Å². The summed E-state index contributed by atoms with van der Waals surface area (Å²) in [5.41, 5.74) is 3.94. The van der Waals surface area contributed by atoms with Crippen molar-refractivity contribution in [2.24, 2.45) is 23.2 Å². The largest absolute Gasteiger partial charge is 0.119 e. The Morgan fingerprint density at radius 1 is 1.35 bits per heavy atom. The van der Waals surface area contributed by atoms with Gasteiger partial charge in [-0.1, -0.05) is 70.6 Å². The van der Waals surface area contributed by atoms with Crippen molar-refractivity contribution in [2.75, 3.05) is 0 Å². The Hall–Kier alpha value is -1.74. The molecule has 2 rings (SSSR count). The molecule has 0 amide bonds. The molecule has 0 unspecified atom stereocenters. The molecule has 0 aliphatic heterocycles. The molecule has 23 heavy (non-hydrogen) atoms. The van der Waals surface area contributed by atoms with Crippen LogP contribution in [-0.4, -0.2) is 0 Å². The van der Waals surface area contributed by atoms with Gasteiger partial charge in [0.15, 0.2) is 0 Å². The molecule has 2 aliphatic rings. The summed E-state index contributed by atoms with van der Waals surface area (Å²) in [6, 6.07) is 0. The minimum atomic E-state index is -0.106. The predicted molar refractivity (Wildman–Crippen MR) is 108 cm³/mol. The van der Waals surface area contributed by atoms with Crippen molar-refractivity contribution in [3.8, 4) is 12.3 Å². The lowest BCUT2D eigenvalue weighted by atomic mass is 9.70. The van der Waals surface area contributed by atoms with Gasteiger partial charge in [-0.3, -0.25) is 0 Å². The molecule has 0 bridgehead atoms. The number of allylic oxidation sites excluding steroid dienone is 8. The summed E-state index contributed by atoms with van der Waals surface area (Å²) in [6.45, 7) is 18.5. The maximum absolute atomic E-state index is 6.02. The van der Waals surface area contributed by atoms with E-state index >= 15 is 0 Å². The topological polar surface area (TPSA) is 0 Å². The van der Waals surface area contributed by atoms with E-state index in [1.54, 1.807) is 0 Å². The monoisotopic (exact) mass is 312 g/mol. The molecule has 0 heterocycles. The summed E-state index contributed by atoms with van der Waals surface area (Å²) in [7, 11) is 0. The molecule has 4 atom stereocenters. The van der Waals surface area contributed by atoms with Crippen molar-refractivity contribution in [1.82, 2.24) is 0 Å². The summed E-state index contributed by atoms with van der Waals surface area (Å²) in [5, 5.41) is 0. The molecule has 0 aromatic carbocycles. The third-order valence-electron chi connectivity index (χ3n) is 5.67. The first kappa shape index (κ1) is 19.3. The Kier molecular flexibility index (Phi) is 6.89. The van der Waals surface area contributed by atoms with Crippen LogP contribution in [0.15, 0.2) is 60.3 Å². The van der Waals surface area contributed by atoms with E-state index in [-0.39, 0.29) is 8.27 Å². The molecule has 0 saturated heterocycles. The van der Waals surface area contributed by atoms with Gasteiger partial charge in [0.2, 0.25) is 0 Å². The zero-order chi connectivity index (χ0) is 17.6. The third-order valence-corrected chi connectivity index (χ3v) is 5.67. The van der Waals surface area contributed by atoms with E-state index in [1.807, 2.05) is 19.9 Å². The molecule has 0 aromatic rings. The van der Waals surface area contributed by atoms with Crippen LogP contribution < -0.4 is 0 Å². The van der Waals surface area contributed by atoms with Gasteiger partial charge in [0.25, 0.3) is 0 Å². The van der Waals surface area contributed by atoms with Crippen LogP contribution in [0.3, 0.4) is 0 Å². The van der Waals surface area contributed by atoms with Crippen molar-refractivity contribution in [2.45, 2.75) is 47.5 Å². The molecule has 0 radical (unpaired) electrons. The van der Waals surface area contributed by atoms with Gasteiger partial charge in [-0.05, 0) is 54.2 Å². The molecule has 128 valence electrons. The first-order valence-corrected chi connectivity index (χ1v) is 8.80. The first-order valence-electron chi connectivity index (χ1n) is 8.80. The fourth-order valence-electron chi connectivity index (χ4n) is 3.95. The van der Waals surface area contributed by atoms with Crippen molar-refractivity contribution in [3.63, 3.8) is 0 Å². The van der Waals surface area contributed by atoms with Crippen molar-refractivity contribution in [3.05, 3.63) is 60.3 Å². The Labute approximate surface area is 146 Å². The Morgan fingerprint density at radius 2 is 2.00 bits per heavy atom. The average Bonchev–Trinajstić information content (AvgIpc) is 3.16. The standard InChI is InChI=1S/C21H26.C2H6.2H2/c1-7-10-15(4)19-11-12-20(13-19)21(9-3)14-18(8-2)16(5)17(21)6;1-2;;/h3,7-8,10-12,16-18H,1-2,13-14H2,4-6H3;1-2H3;2*1H/b15-10-;;;/t16-,17+,18-,21+;;;/m0.../s1. The number of rotatable bonds is 4. The van der Waals surface area contributed by atoms with E-state index in [0.29, 0.717) is 17.8 Å². The fraction of sp³-hybridized carbons (Fsp3) is 0.478. The molecule has 0 N–H and O–H groups in total. The number of hydrogen-bond acceptors (Lipinski definition) is 0. The van der Waals surface area contributed by atoms with Crippen LogP contribution in [0.1, 0.15) is 50.3 Å². The van der Waals surface area contributed by atoms with E-state index in [2.05, 4.69) is 64.2 Å². The molecule has 0 aromatic heterocycles. The first-order chi connectivity index (χ1) is 11.0. The van der Waals surface area contributed by atoms with Crippen molar-refractivity contribution >= 4 is 0 Å². The van der Waals surface area contributed by atoms with Gasteiger partial charge in [-0.2, -0.15) is 0 Å². The molecule has 0 spiro atoms. The van der Waals surface area contributed by atoms with Crippen LogP contribution in [0.2, 0.25) is 0 Å². The fourth-order valence-corrected chi connectivity index (χ4v) is 3.95. The van der Waals surface area contributed by atoms with Gasteiger partial charge in [0.1, 0.15) is 0 Å². The number of hydrogen-bond donors (Lipinski definition) is 0.